The van der Waals surface area contributed by atoms with E-state index in [4.69, 9.17) is 33.9 Å². The number of aliphatic imine (C=N–C) groups is 1. The molecule has 1 fully saturated rings. The monoisotopic (exact) mass is 406 g/mol. The Labute approximate surface area is 167 Å². The van der Waals surface area contributed by atoms with E-state index in [1.54, 1.807) is 12.1 Å². The highest BCUT2D eigenvalue weighted by Crippen LogP contribution is 2.36. The zero-order valence-electron chi connectivity index (χ0n) is 14.6. The maximum atomic E-state index is 13.0. The second-order valence-electron chi connectivity index (χ2n) is 7.02. The highest BCUT2D eigenvalue weighted by molar-refractivity contribution is 6.41. The predicted molar refractivity (Wildman–Crippen MR) is 106 cm³/mol. The molecule has 4 rings (SSSR count). The van der Waals surface area contributed by atoms with Gasteiger partial charge >= 0.3 is 0 Å². The van der Waals surface area contributed by atoms with E-state index in [0.29, 0.717) is 25.2 Å². The zero-order valence-corrected chi connectivity index (χ0v) is 16.1. The van der Waals surface area contributed by atoms with Gasteiger partial charge in [0.25, 0.3) is 5.91 Å². The average Bonchev–Trinajstić information content (AvgIpc) is 2.68. The van der Waals surface area contributed by atoms with Crippen LogP contribution in [-0.4, -0.2) is 58.9 Å². The molecule has 6 nitrogen and oxygen atoms in total. The van der Waals surface area contributed by atoms with Crippen molar-refractivity contribution in [3.63, 3.8) is 0 Å². The number of primary amides is 1. The zero-order chi connectivity index (χ0) is 19.1. The number of alkyl halides is 2. The van der Waals surface area contributed by atoms with Crippen molar-refractivity contribution in [2.45, 2.75) is 29.6 Å². The molecule has 0 radical (unpaired) electrons. The quantitative estimate of drug-likeness (QED) is 0.733. The number of halogens is 2. The summed E-state index contributed by atoms with van der Waals surface area (Å²) in [7, 11) is 0. The van der Waals surface area contributed by atoms with Crippen LogP contribution in [-0.2, 0) is 11.2 Å². The first kappa shape index (κ1) is 18.5. The lowest BCUT2D eigenvalue weighted by Crippen LogP contribution is -2.58. The Morgan fingerprint density at radius 1 is 1.30 bits per heavy atom. The number of carbonyl (C=O) groups excluding carboxylic acids is 2. The summed E-state index contributed by atoms with van der Waals surface area (Å²) in [6, 6.07) is 4.82. The fourth-order valence-electron chi connectivity index (χ4n) is 3.78. The van der Waals surface area contributed by atoms with Gasteiger partial charge in [-0.15, -0.1) is 23.2 Å². The van der Waals surface area contributed by atoms with Crippen molar-refractivity contribution in [1.82, 2.24) is 10.2 Å². The van der Waals surface area contributed by atoms with E-state index in [9.17, 15) is 9.59 Å². The number of allylic oxidation sites excluding steroid dienone is 2. The summed E-state index contributed by atoms with van der Waals surface area (Å²) in [6.07, 6.45) is 3.55. The molecule has 2 heterocycles. The third kappa shape index (κ3) is 3.37. The van der Waals surface area contributed by atoms with Gasteiger partial charge in [0.15, 0.2) is 0 Å². The lowest BCUT2D eigenvalue weighted by Gasteiger charge is -2.34. The summed E-state index contributed by atoms with van der Waals surface area (Å²) in [5.74, 6) is -0.727. The lowest BCUT2D eigenvalue weighted by atomic mass is 9.88. The maximum absolute atomic E-state index is 13.0. The highest BCUT2D eigenvalue weighted by atomic mass is 35.5. The van der Waals surface area contributed by atoms with Crippen molar-refractivity contribution in [3.05, 3.63) is 41.0 Å². The van der Waals surface area contributed by atoms with E-state index in [1.807, 2.05) is 6.07 Å². The number of fused-ring (bicyclic) bond motifs is 2. The first-order valence-electron chi connectivity index (χ1n) is 8.95. The first-order valence-corrected chi connectivity index (χ1v) is 9.83. The number of nitrogens with two attached hydrogens (primary N) is 1. The number of hydrogen-bond donors (Lipinski definition) is 2. The molecule has 3 atom stereocenters. The number of amides is 2. The van der Waals surface area contributed by atoms with Crippen molar-refractivity contribution >= 4 is 46.4 Å². The van der Waals surface area contributed by atoms with Crippen LogP contribution in [0.2, 0.25) is 0 Å². The van der Waals surface area contributed by atoms with E-state index < -0.39 is 11.9 Å². The molecule has 1 aliphatic carbocycles. The molecule has 0 bridgehead atoms. The third-order valence-electron chi connectivity index (χ3n) is 5.28. The predicted octanol–water partition coefficient (Wildman–Crippen LogP) is 1.76. The van der Waals surface area contributed by atoms with Crippen LogP contribution in [0.1, 0.15) is 22.3 Å². The molecule has 3 aliphatic rings. The Kier molecular flexibility index (Phi) is 4.97. The molecule has 2 amide bonds. The van der Waals surface area contributed by atoms with Crippen LogP contribution >= 0.6 is 23.2 Å². The maximum Gasteiger partial charge on any atom is 0.254 e. The van der Waals surface area contributed by atoms with Gasteiger partial charge in [0.1, 0.15) is 6.04 Å². The topological polar surface area (TPSA) is 87.8 Å². The lowest BCUT2D eigenvalue weighted by molar-refractivity contribution is -0.122. The van der Waals surface area contributed by atoms with Gasteiger partial charge in [0.05, 0.1) is 22.2 Å². The summed E-state index contributed by atoms with van der Waals surface area (Å²) in [4.78, 5) is 30.9. The molecule has 27 heavy (non-hydrogen) atoms. The molecule has 142 valence electrons. The molecule has 3 unspecified atom stereocenters. The van der Waals surface area contributed by atoms with Crippen molar-refractivity contribution in [2.75, 3.05) is 19.6 Å². The molecular formula is C19H20Cl2N4O2. The Balaban J connectivity index is 1.66. The van der Waals surface area contributed by atoms with E-state index in [1.165, 1.54) is 4.90 Å². The number of rotatable bonds is 2. The van der Waals surface area contributed by atoms with Gasteiger partial charge < -0.3 is 16.0 Å². The summed E-state index contributed by atoms with van der Waals surface area (Å²) < 4.78 is 0. The summed E-state index contributed by atoms with van der Waals surface area (Å²) in [6.45, 7) is 1.43. The molecule has 2 aliphatic heterocycles. The van der Waals surface area contributed by atoms with Crippen LogP contribution in [0.4, 0.5) is 5.69 Å². The molecule has 8 heteroatoms. The molecule has 0 spiro atoms. The van der Waals surface area contributed by atoms with Gasteiger partial charge in [-0.05, 0) is 29.7 Å². The number of carbonyl (C=O) groups is 2. The minimum absolute atomic E-state index is 0.183. The van der Waals surface area contributed by atoms with Crippen molar-refractivity contribution in [2.24, 2.45) is 10.7 Å². The smallest absolute Gasteiger partial charge is 0.254 e. The molecule has 0 saturated carbocycles. The summed E-state index contributed by atoms with van der Waals surface area (Å²) in [5.41, 5.74) is 9.62. The number of nitrogens with zero attached hydrogens (tertiary/aromatic N) is 2. The SMILES string of the molecule is NC(=O)C1CNCCN1C(=O)c1ccc2c(c1)N=C1C(=CCC(Cl)C1Cl)C2. The normalized spacial score (nSPS) is 27.2. The Bertz CT molecular complexity index is 867. The van der Waals surface area contributed by atoms with E-state index in [0.717, 1.165) is 35.4 Å². The van der Waals surface area contributed by atoms with Gasteiger partial charge in [0.2, 0.25) is 5.91 Å². The molecule has 0 aromatic heterocycles. The number of hydrogen-bond acceptors (Lipinski definition) is 4. The van der Waals surface area contributed by atoms with Gasteiger partial charge in [-0.3, -0.25) is 14.6 Å². The largest absolute Gasteiger partial charge is 0.368 e. The Morgan fingerprint density at radius 3 is 2.89 bits per heavy atom. The van der Waals surface area contributed by atoms with Crippen LogP contribution in [0, 0.1) is 0 Å². The minimum atomic E-state index is -0.647. The molecule has 3 N–H and O–H groups in total. The fraction of sp³-hybridized carbons (Fsp3) is 0.421. The number of piperazine rings is 1. The molecule has 1 aromatic rings. The van der Waals surface area contributed by atoms with Crippen molar-refractivity contribution in [3.8, 4) is 0 Å². The highest BCUT2D eigenvalue weighted by Gasteiger charge is 2.33. The minimum Gasteiger partial charge on any atom is -0.368 e. The van der Waals surface area contributed by atoms with Crippen molar-refractivity contribution in [1.29, 1.82) is 0 Å². The summed E-state index contributed by atoms with van der Waals surface area (Å²) >= 11 is 12.7. The third-order valence-corrected chi connectivity index (χ3v) is 6.35. The van der Waals surface area contributed by atoms with Gasteiger partial charge in [-0.1, -0.05) is 12.1 Å². The van der Waals surface area contributed by atoms with Gasteiger partial charge in [0, 0.05) is 31.6 Å². The number of benzene rings is 1. The van der Waals surface area contributed by atoms with E-state index >= 15 is 0 Å². The second-order valence-corrected chi connectivity index (χ2v) is 8.05. The second kappa shape index (κ2) is 7.26. The molecule has 1 saturated heterocycles. The molecule has 1 aromatic carbocycles. The standard InChI is InChI=1S/C19H20Cl2N4O2/c20-13-4-3-11-7-10-1-2-12(8-14(10)24-17(11)16(13)21)19(27)25-6-5-23-9-15(25)18(22)26/h1-3,8,13,15-16,23H,4-7,9H2,(H2,22,26). The van der Waals surface area contributed by atoms with Crippen LogP contribution < -0.4 is 11.1 Å². The van der Waals surface area contributed by atoms with Crippen LogP contribution in [0.25, 0.3) is 0 Å². The first-order chi connectivity index (χ1) is 13.0. The van der Waals surface area contributed by atoms with Crippen LogP contribution in [0.3, 0.4) is 0 Å². The van der Waals surface area contributed by atoms with E-state index in [2.05, 4.69) is 11.4 Å². The van der Waals surface area contributed by atoms with E-state index in [-0.39, 0.29) is 16.7 Å². The van der Waals surface area contributed by atoms with Gasteiger partial charge in [-0.2, -0.15) is 0 Å². The van der Waals surface area contributed by atoms with Crippen LogP contribution in [0.5, 0.6) is 0 Å². The number of nitrogens with one attached hydrogen (secondary N) is 1. The Morgan fingerprint density at radius 2 is 2.11 bits per heavy atom. The summed E-state index contributed by atoms with van der Waals surface area (Å²) in [5, 5.41) is 2.57. The Hall–Kier alpha value is -1.89. The molecular weight excluding hydrogens is 387 g/mol. The average molecular weight is 407 g/mol. The fourth-order valence-corrected chi connectivity index (χ4v) is 4.28. The van der Waals surface area contributed by atoms with Crippen LogP contribution in [0.15, 0.2) is 34.8 Å². The van der Waals surface area contributed by atoms with Crippen molar-refractivity contribution < 1.29 is 9.59 Å². The van der Waals surface area contributed by atoms with Gasteiger partial charge in [-0.25, -0.2) is 0 Å².